The van der Waals surface area contributed by atoms with Crippen LogP contribution in [0.5, 0.6) is 0 Å². The van der Waals surface area contributed by atoms with Gasteiger partial charge in [-0.2, -0.15) is 5.10 Å². The molecule has 106 valence electrons. The van der Waals surface area contributed by atoms with Gasteiger partial charge in [0.15, 0.2) is 0 Å². The number of hydrogen-bond acceptors (Lipinski definition) is 4. The van der Waals surface area contributed by atoms with E-state index in [0.717, 1.165) is 18.8 Å². The first kappa shape index (κ1) is 14.0. The third-order valence-corrected chi connectivity index (χ3v) is 3.64. The first-order valence-corrected chi connectivity index (χ1v) is 6.85. The Balaban J connectivity index is 1.76. The third kappa shape index (κ3) is 3.78. The molecule has 2 N–H and O–H groups in total. The van der Waals surface area contributed by atoms with E-state index in [1.807, 2.05) is 0 Å². The molecule has 0 aromatic carbocycles. The fourth-order valence-electron chi connectivity index (χ4n) is 2.48. The second-order valence-electron chi connectivity index (χ2n) is 5.01. The zero-order chi connectivity index (χ0) is 13.7. The van der Waals surface area contributed by atoms with Gasteiger partial charge in [0.1, 0.15) is 5.56 Å². The Morgan fingerprint density at radius 3 is 2.84 bits per heavy atom. The number of aromatic nitrogens is 2. The molecule has 1 fully saturated rings. The maximum absolute atomic E-state index is 11.0. The molecule has 0 saturated carbocycles. The smallest absolute Gasteiger partial charge is 0.339 e. The zero-order valence-electron chi connectivity index (χ0n) is 11.4. The van der Waals surface area contributed by atoms with Crippen molar-refractivity contribution in [3.05, 3.63) is 17.5 Å². The molecule has 0 atom stereocenters. The molecular formula is C13H22N4O2. The molecule has 1 aliphatic rings. The molecule has 1 aromatic rings. The van der Waals surface area contributed by atoms with E-state index in [0.29, 0.717) is 6.54 Å². The summed E-state index contributed by atoms with van der Waals surface area (Å²) in [5.74, 6) is -0.916. The monoisotopic (exact) mass is 266 g/mol. The quantitative estimate of drug-likeness (QED) is 0.742. The van der Waals surface area contributed by atoms with Crippen molar-refractivity contribution >= 4 is 5.97 Å². The van der Waals surface area contributed by atoms with Crippen molar-refractivity contribution in [2.75, 3.05) is 26.2 Å². The topological polar surface area (TPSA) is 70.4 Å². The van der Waals surface area contributed by atoms with Crippen LogP contribution in [-0.2, 0) is 13.6 Å². The van der Waals surface area contributed by atoms with Gasteiger partial charge in [-0.15, -0.1) is 0 Å². The van der Waals surface area contributed by atoms with Crippen LogP contribution in [0.3, 0.4) is 0 Å². The number of hydrogen-bond donors (Lipinski definition) is 2. The molecule has 0 amide bonds. The van der Waals surface area contributed by atoms with Crippen LogP contribution in [0.15, 0.2) is 6.20 Å². The standard InChI is InChI=1S/C13H22N4O2/c1-16-12(11(9-15-16)13(18)19)10-14-5-8-17-6-3-2-4-7-17/h9,14H,2-8,10H2,1H3,(H,18,19). The Morgan fingerprint density at radius 1 is 1.42 bits per heavy atom. The largest absolute Gasteiger partial charge is 0.478 e. The summed E-state index contributed by atoms with van der Waals surface area (Å²) in [5.41, 5.74) is 1.01. The highest BCUT2D eigenvalue weighted by molar-refractivity contribution is 5.88. The number of likely N-dealkylation sites (tertiary alicyclic amines) is 1. The fourth-order valence-corrected chi connectivity index (χ4v) is 2.48. The number of nitrogens with zero attached hydrogens (tertiary/aromatic N) is 3. The van der Waals surface area contributed by atoms with Crippen LogP contribution in [0.4, 0.5) is 0 Å². The summed E-state index contributed by atoms with van der Waals surface area (Å²) in [6.07, 6.45) is 5.35. The van der Waals surface area contributed by atoms with Crippen LogP contribution >= 0.6 is 0 Å². The zero-order valence-corrected chi connectivity index (χ0v) is 11.4. The molecule has 1 aromatic heterocycles. The van der Waals surface area contributed by atoms with Crippen LogP contribution < -0.4 is 5.32 Å². The predicted molar refractivity (Wildman–Crippen MR) is 72.2 cm³/mol. The molecule has 0 bridgehead atoms. The maximum Gasteiger partial charge on any atom is 0.339 e. The molecule has 6 heteroatoms. The molecule has 0 unspecified atom stereocenters. The van der Waals surface area contributed by atoms with Gasteiger partial charge in [0, 0.05) is 26.7 Å². The van der Waals surface area contributed by atoms with Crippen molar-refractivity contribution in [3.8, 4) is 0 Å². The average Bonchev–Trinajstić information content (AvgIpc) is 2.77. The molecule has 6 nitrogen and oxygen atoms in total. The number of aromatic carboxylic acids is 1. The van der Waals surface area contributed by atoms with Crippen LogP contribution in [0.1, 0.15) is 35.3 Å². The highest BCUT2D eigenvalue weighted by Crippen LogP contribution is 2.08. The number of carbonyl (C=O) groups is 1. The summed E-state index contributed by atoms with van der Waals surface area (Å²) in [5, 5.41) is 16.3. The SMILES string of the molecule is Cn1ncc(C(=O)O)c1CNCCN1CCCCC1. The minimum Gasteiger partial charge on any atom is -0.478 e. The van der Waals surface area contributed by atoms with E-state index in [4.69, 9.17) is 5.11 Å². The van der Waals surface area contributed by atoms with Gasteiger partial charge in [-0.25, -0.2) is 4.79 Å². The molecule has 0 radical (unpaired) electrons. The Labute approximate surface area is 113 Å². The number of rotatable bonds is 6. The summed E-state index contributed by atoms with van der Waals surface area (Å²) in [6.45, 7) is 4.83. The number of nitrogens with one attached hydrogen (secondary N) is 1. The molecule has 1 aliphatic heterocycles. The van der Waals surface area contributed by atoms with Crippen molar-refractivity contribution in [2.45, 2.75) is 25.8 Å². The average molecular weight is 266 g/mol. The lowest BCUT2D eigenvalue weighted by Gasteiger charge is -2.26. The Bertz CT molecular complexity index is 424. The fraction of sp³-hybridized carbons (Fsp3) is 0.692. The van der Waals surface area contributed by atoms with Gasteiger partial charge >= 0.3 is 5.97 Å². The number of carboxylic acid groups (broad SMARTS) is 1. The number of piperidine rings is 1. The first-order valence-electron chi connectivity index (χ1n) is 6.85. The molecule has 2 rings (SSSR count). The Kier molecular flexibility index (Phi) is 4.93. The van der Waals surface area contributed by atoms with E-state index in [1.54, 1.807) is 11.7 Å². The van der Waals surface area contributed by atoms with Gasteiger partial charge in [-0.3, -0.25) is 4.68 Å². The van der Waals surface area contributed by atoms with E-state index in [9.17, 15) is 4.79 Å². The summed E-state index contributed by atoms with van der Waals surface area (Å²) >= 11 is 0. The predicted octanol–water partition coefficient (Wildman–Crippen LogP) is 0.694. The molecule has 19 heavy (non-hydrogen) atoms. The molecule has 2 heterocycles. The van der Waals surface area contributed by atoms with Crippen molar-refractivity contribution in [3.63, 3.8) is 0 Å². The summed E-state index contributed by atoms with van der Waals surface area (Å²) in [7, 11) is 1.77. The van der Waals surface area contributed by atoms with Gasteiger partial charge in [-0.05, 0) is 25.9 Å². The van der Waals surface area contributed by atoms with Gasteiger partial charge in [0.2, 0.25) is 0 Å². The summed E-state index contributed by atoms with van der Waals surface area (Å²) in [6, 6.07) is 0. The summed E-state index contributed by atoms with van der Waals surface area (Å²) in [4.78, 5) is 13.5. The highest BCUT2D eigenvalue weighted by Gasteiger charge is 2.14. The lowest BCUT2D eigenvalue weighted by atomic mass is 10.1. The van der Waals surface area contributed by atoms with E-state index in [-0.39, 0.29) is 5.56 Å². The molecule has 0 aliphatic carbocycles. The first-order chi connectivity index (χ1) is 9.18. The second kappa shape index (κ2) is 6.68. The van der Waals surface area contributed by atoms with Crippen LogP contribution in [0.2, 0.25) is 0 Å². The van der Waals surface area contributed by atoms with Gasteiger partial charge in [0.25, 0.3) is 0 Å². The number of carboxylic acids is 1. The number of aryl methyl sites for hydroxylation is 1. The Hall–Kier alpha value is -1.40. The lowest BCUT2D eigenvalue weighted by Crippen LogP contribution is -2.35. The van der Waals surface area contributed by atoms with E-state index in [1.165, 1.54) is 38.5 Å². The van der Waals surface area contributed by atoms with Crippen LogP contribution in [0.25, 0.3) is 0 Å². The van der Waals surface area contributed by atoms with Crippen molar-refractivity contribution in [1.29, 1.82) is 0 Å². The van der Waals surface area contributed by atoms with Crippen LogP contribution in [0, 0.1) is 0 Å². The summed E-state index contributed by atoms with van der Waals surface area (Å²) < 4.78 is 1.62. The minimum absolute atomic E-state index is 0.285. The molecule has 0 spiro atoms. The second-order valence-corrected chi connectivity index (χ2v) is 5.01. The Morgan fingerprint density at radius 2 is 2.16 bits per heavy atom. The van der Waals surface area contributed by atoms with E-state index < -0.39 is 5.97 Å². The minimum atomic E-state index is -0.916. The van der Waals surface area contributed by atoms with Gasteiger partial charge in [-0.1, -0.05) is 6.42 Å². The van der Waals surface area contributed by atoms with E-state index in [2.05, 4.69) is 15.3 Å². The van der Waals surface area contributed by atoms with Gasteiger partial charge < -0.3 is 15.3 Å². The highest BCUT2D eigenvalue weighted by atomic mass is 16.4. The lowest BCUT2D eigenvalue weighted by molar-refractivity contribution is 0.0695. The maximum atomic E-state index is 11.0. The van der Waals surface area contributed by atoms with Crippen molar-refractivity contribution in [2.24, 2.45) is 7.05 Å². The van der Waals surface area contributed by atoms with E-state index >= 15 is 0 Å². The molecule has 1 saturated heterocycles. The van der Waals surface area contributed by atoms with Gasteiger partial charge in [0.05, 0.1) is 11.9 Å². The third-order valence-electron chi connectivity index (χ3n) is 3.64. The van der Waals surface area contributed by atoms with Crippen molar-refractivity contribution in [1.82, 2.24) is 20.0 Å². The van der Waals surface area contributed by atoms with Crippen LogP contribution in [-0.4, -0.2) is 51.9 Å². The molecular weight excluding hydrogens is 244 g/mol. The normalized spacial score (nSPS) is 16.7. The van der Waals surface area contributed by atoms with Crippen molar-refractivity contribution < 1.29 is 9.90 Å².